The molecule has 1 aliphatic heterocycles. The van der Waals surface area contributed by atoms with E-state index in [2.05, 4.69) is 43.6 Å². The molecule has 1 aliphatic carbocycles. The molecule has 0 aromatic rings. The third kappa shape index (κ3) is 3.97. The van der Waals surface area contributed by atoms with Gasteiger partial charge in [0.05, 0.1) is 12.2 Å². The van der Waals surface area contributed by atoms with Crippen LogP contribution < -0.4 is 0 Å². The number of halogens is 1. The zero-order valence-electron chi connectivity index (χ0n) is 13.2. The van der Waals surface area contributed by atoms with Gasteiger partial charge in [0, 0.05) is 5.33 Å². The number of rotatable bonds is 3. The summed E-state index contributed by atoms with van der Waals surface area (Å²) in [6.07, 6.45) is 10.4. The van der Waals surface area contributed by atoms with Crippen LogP contribution in [-0.4, -0.2) is 17.5 Å². The highest BCUT2D eigenvalue weighted by Crippen LogP contribution is 2.49. The van der Waals surface area contributed by atoms with Crippen molar-refractivity contribution >= 4 is 15.9 Å². The first-order valence-electron chi connectivity index (χ1n) is 8.06. The van der Waals surface area contributed by atoms with Crippen LogP contribution in [0.4, 0.5) is 0 Å². The number of hydrogen-bond donors (Lipinski definition) is 0. The van der Waals surface area contributed by atoms with E-state index in [1.807, 2.05) is 0 Å². The zero-order chi connectivity index (χ0) is 14.1. The van der Waals surface area contributed by atoms with Gasteiger partial charge >= 0.3 is 0 Å². The first kappa shape index (κ1) is 15.8. The lowest BCUT2D eigenvalue weighted by Gasteiger charge is -2.44. The van der Waals surface area contributed by atoms with E-state index >= 15 is 0 Å². The smallest absolute Gasteiger partial charge is 0.0585 e. The van der Waals surface area contributed by atoms with E-state index in [1.165, 1.54) is 44.9 Å². The Labute approximate surface area is 128 Å². The summed E-state index contributed by atoms with van der Waals surface area (Å²) in [4.78, 5) is 0. The molecule has 112 valence electrons. The summed E-state index contributed by atoms with van der Waals surface area (Å²) in [5.41, 5.74) is 0.993. The minimum atomic E-state index is 0.483. The fourth-order valence-corrected chi connectivity index (χ4v) is 4.80. The molecular formula is C17H31BrO. The van der Waals surface area contributed by atoms with Gasteiger partial charge in [0.25, 0.3) is 0 Å². The van der Waals surface area contributed by atoms with Gasteiger partial charge in [-0.15, -0.1) is 0 Å². The van der Waals surface area contributed by atoms with E-state index in [0.717, 1.165) is 11.2 Å². The molecule has 2 unspecified atom stereocenters. The molecule has 0 aromatic carbocycles. The third-order valence-electron chi connectivity index (χ3n) is 5.54. The molecule has 0 aromatic heterocycles. The lowest BCUT2D eigenvalue weighted by molar-refractivity contribution is 0.00631. The van der Waals surface area contributed by atoms with Gasteiger partial charge in [0.2, 0.25) is 0 Å². The van der Waals surface area contributed by atoms with E-state index in [9.17, 15) is 0 Å². The van der Waals surface area contributed by atoms with Crippen molar-refractivity contribution in [3.05, 3.63) is 0 Å². The minimum Gasteiger partial charge on any atom is -0.375 e. The highest BCUT2D eigenvalue weighted by Gasteiger charge is 2.40. The molecule has 2 fully saturated rings. The van der Waals surface area contributed by atoms with Crippen LogP contribution in [0.25, 0.3) is 0 Å². The monoisotopic (exact) mass is 330 g/mol. The van der Waals surface area contributed by atoms with Gasteiger partial charge in [-0.2, -0.15) is 0 Å². The van der Waals surface area contributed by atoms with Crippen LogP contribution in [0, 0.1) is 16.7 Å². The zero-order valence-corrected chi connectivity index (χ0v) is 14.8. The van der Waals surface area contributed by atoms with Crippen LogP contribution in [0.3, 0.4) is 0 Å². The van der Waals surface area contributed by atoms with Crippen LogP contribution in [0.15, 0.2) is 0 Å². The lowest BCUT2D eigenvalue weighted by Crippen LogP contribution is -2.36. The summed E-state index contributed by atoms with van der Waals surface area (Å²) in [7, 11) is 0. The molecule has 2 heteroatoms. The van der Waals surface area contributed by atoms with E-state index in [1.54, 1.807) is 0 Å². The van der Waals surface area contributed by atoms with Crippen molar-refractivity contribution in [2.24, 2.45) is 16.7 Å². The van der Waals surface area contributed by atoms with Crippen molar-refractivity contribution < 1.29 is 4.74 Å². The summed E-state index contributed by atoms with van der Waals surface area (Å²) in [5, 5.41) is 1.16. The maximum absolute atomic E-state index is 6.06. The first-order chi connectivity index (χ1) is 8.85. The van der Waals surface area contributed by atoms with Gasteiger partial charge in [-0.05, 0) is 68.6 Å². The van der Waals surface area contributed by atoms with Gasteiger partial charge in [-0.1, -0.05) is 36.7 Å². The Kier molecular flexibility index (Phi) is 5.04. The fraction of sp³-hybridized carbons (Fsp3) is 1.00. The summed E-state index contributed by atoms with van der Waals surface area (Å²) in [6.45, 7) is 9.43. The Bertz CT molecular complexity index is 286. The van der Waals surface area contributed by atoms with Gasteiger partial charge in [-0.25, -0.2) is 0 Å². The highest BCUT2D eigenvalue weighted by molar-refractivity contribution is 9.09. The Morgan fingerprint density at radius 3 is 2.16 bits per heavy atom. The molecule has 0 bridgehead atoms. The summed E-state index contributed by atoms with van der Waals surface area (Å²) in [6, 6.07) is 0. The van der Waals surface area contributed by atoms with Crippen LogP contribution >= 0.6 is 15.9 Å². The van der Waals surface area contributed by atoms with Crippen LogP contribution in [0.2, 0.25) is 0 Å². The summed E-state index contributed by atoms with van der Waals surface area (Å²) >= 11 is 3.81. The quantitative estimate of drug-likeness (QED) is 0.615. The fourth-order valence-electron chi connectivity index (χ4n) is 4.01. The van der Waals surface area contributed by atoms with Crippen LogP contribution in [-0.2, 0) is 4.74 Å². The third-order valence-corrected chi connectivity index (χ3v) is 6.72. The molecule has 0 spiro atoms. The van der Waals surface area contributed by atoms with E-state index in [0.29, 0.717) is 23.0 Å². The molecule has 0 N–H and O–H groups in total. The van der Waals surface area contributed by atoms with E-state index < -0.39 is 0 Å². The average molecular weight is 331 g/mol. The Morgan fingerprint density at radius 1 is 1.11 bits per heavy atom. The van der Waals surface area contributed by atoms with E-state index in [-0.39, 0.29) is 0 Å². The second-order valence-corrected chi connectivity index (χ2v) is 8.68. The van der Waals surface area contributed by atoms with Gasteiger partial charge in [0.1, 0.15) is 0 Å². The first-order valence-corrected chi connectivity index (χ1v) is 9.18. The molecule has 1 nitrogen and oxygen atoms in total. The standard InChI is InChI=1S/C17H31BrO/c1-13-5-6-15(19-13)11-17(12-18)9-7-14(8-10-17)16(2,3)4/h13-15H,5-12H2,1-4H3. The molecule has 1 heterocycles. The topological polar surface area (TPSA) is 9.23 Å². The van der Waals surface area contributed by atoms with Crippen molar-refractivity contribution in [2.75, 3.05) is 5.33 Å². The van der Waals surface area contributed by atoms with Crippen LogP contribution in [0.5, 0.6) is 0 Å². The normalized spacial score (nSPS) is 40.6. The largest absolute Gasteiger partial charge is 0.375 e. The molecule has 19 heavy (non-hydrogen) atoms. The lowest BCUT2D eigenvalue weighted by atomic mass is 9.63. The Balaban J connectivity index is 1.90. The van der Waals surface area contributed by atoms with Crippen LogP contribution in [0.1, 0.15) is 72.6 Å². The number of hydrogen-bond acceptors (Lipinski definition) is 1. The van der Waals surface area contributed by atoms with Crippen molar-refractivity contribution in [1.29, 1.82) is 0 Å². The van der Waals surface area contributed by atoms with E-state index in [4.69, 9.17) is 4.74 Å². The molecular weight excluding hydrogens is 300 g/mol. The molecule has 2 aliphatic rings. The molecule has 0 amide bonds. The molecule has 0 radical (unpaired) electrons. The second kappa shape index (κ2) is 6.05. The van der Waals surface area contributed by atoms with Crippen molar-refractivity contribution in [1.82, 2.24) is 0 Å². The van der Waals surface area contributed by atoms with Crippen molar-refractivity contribution in [3.63, 3.8) is 0 Å². The predicted octanol–water partition coefficient (Wildman–Crippen LogP) is 5.56. The Morgan fingerprint density at radius 2 is 1.74 bits per heavy atom. The van der Waals surface area contributed by atoms with Gasteiger partial charge in [-0.3, -0.25) is 0 Å². The molecule has 2 rings (SSSR count). The van der Waals surface area contributed by atoms with Crippen molar-refractivity contribution in [3.8, 4) is 0 Å². The average Bonchev–Trinajstić information content (AvgIpc) is 2.74. The second-order valence-electron chi connectivity index (χ2n) is 8.12. The maximum atomic E-state index is 6.06. The molecule has 1 saturated heterocycles. The van der Waals surface area contributed by atoms with Gasteiger partial charge in [0.15, 0.2) is 0 Å². The minimum absolute atomic E-state index is 0.483. The number of ether oxygens (including phenoxy) is 1. The molecule has 2 atom stereocenters. The van der Waals surface area contributed by atoms with Gasteiger partial charge < -0.3 is 4.74 Å². The highest BCUT2D eigenvalue weighted by atomic mass is 79.9. The predicted molar refractivity (Wildman–Crippen MR) is 85.8 cm³/mol. The SMILES string of the molecule is CC1CCC(CC2(CBr)CCC(C(C)(C)C)CC2)O1. The van der Waals surface area contributed by atoms with Crippen molar-refractivity contribution in [2.45, 2.75) is 84.8 Å². The number of alkyl halides is 1. The Hall–Kier alpha value is 0.440. The summed E-state index contributed by atoms with van der Waals surface area (Å²) in [5.74, 6) is 0.906. The molecule has 1 saturated carbocycles. The summed E-state index contributed by atoms with van der Waals surface area (Å²) < 4.78 is 6.06. The maximum Gasteiger partial charge on any atom is 0.0585 e.